The van der Waals surface area contributed by atoms with Gasteiger partial charge in [-0.3, -0.25) is 9.78 Å². The summed E-state index contributed by atoms with van der Waals surface area (Å²) in [5.74, 6) is -0.786. The van der Waals surface area contributed by atoms with E-state index in [1.807, 2.05) is 0 Å². The van der Waals surface area contributed by atoms with Crippen LogP contribution in [0.4, 0.5) is 13.2 Å². The molecule has 0 spiro atoms. The maximum atomic E-state index is 12.7. The fourth-order valence-electron chi connectivity index (χ4n) is 1.86. The smallest absolute Gasteiger partial charge is 0.365 e. The molecule has 8 heteroatoms. The molecule has 5 nitrogen and oxygen atoms in total. The standard InChI is InChI=1S/C11H10F3N3O2/c1-7(18)17-10(19,8-3-2-4-15-6-8)5-9(16-17)11(12,13)14/h2-4,6,19H,5H2,1H3. The van der Waals surface area contributed by atoms with E-state index in [1.165, 1.54) is 24.5 Å². The van der Waals surface area contributed by atoms with Gasteiger partial charge in [-0.15, -0.1) is 0 Å². The Morgan fingerprint density at radius 3 is 2.68 bits per heavy atom. The molecule has 1 aromatic heterocycles. The highest BCUT2D eigenvalue weighted by molar-refractivity contribution is 5.94. The molecule has 1 aliphatic rings. The number of carbonyl (C=O) groups is 1. The molecule has 1 unspecified atom stereocenters. The number of rotatable bonds is 1. The second-order valence-corrected chi connectivity index (χ2v) is 4.11. The average Bonchev–Trinajstić information content (AvgIpc) is 2.70. The first-order valence-electron chi connectivity index (χ1n) is 5.33. The second kappa shape index (κ2) is 4.30. The number of amides is 1. The molecule has 1 amide bonds. The van der Waals surface area contributed by atoms with Crippen LogP contribution in [0, 0.1) is 0 Å². The summed E-state index contributed by atoms with van der Waals surface area (Å²) in [6.07, 6.45) is -2.90. The minimum atomic E-state index is -4.69. The van der Waals surface area contributed by atoms with Crippen LogP contribution >= 0.6 is 0 Å². The van der Waals surface area contributed by atoms with Crippen LogP contribution in [-0.2, 0) is 10.5 Å². The number of nitrogens with zero attached hydrogens (tertiary/aromatic N) is 3. The number of pyridine rings is 1. The van der Waals surface area contributed by atoms with Gasteiger partial charge in [0.25, 0.3) is 0 Å². The van der Waals surface area contributed by atoms with E-state index in [4.69, 9.17) is 0 Å². The van der Waals surface area contributed by atoms with Gasteiger partial charge in [0, 0.05) is 24.9 Å². The molecule has 2 heterocycles. The highest BCUT2D eigenvalue weighted by atomic mass is 19.4. The minimum absolute atomic E-state index is 0.0770. The van der Waals surface area contributed by atoms with Crippen molar-refractivity contribution < 1.29 is 23.1 Å². The van der Waals surface area contributed by atoms with Crippen LogP contribution in [0.3, 0.4) is 0 Å². The number of hydrazone groups is 1. The zero-order valence-corrected chi connectivity index (χ0v) is 9.85. The van der Waals surface area contributed by atoms with E-state index in [1.54, 1.807) is 0 Å². The van der Waals surface area contributed by atoms with E-state index in [9.17, 15) is 23.1 Å². The molecule has 1 N–H and O–H groups in total. The summed E-state index contributed by atoms with van der Waals surface area (Å²) < 4.78 is 38.0. The van der Waals surface area contributed by atoms with Crippen LogP contribution in [0.5, 0.6) is 0 Å². The van der Waals surface area contributed by atoms with Gasteiger partial charge in [0.2, 0.25) is 5.91 Å². The van der Waals surface area contributed by atoms with Crippen molar-refractivity contribution in [3.63, 3.8) is 0 Å². The molecule has 1 aliphatic heterocycles. The quantitative estimate of drug-likeness (QED) is 0.841. The van der Waals surface area contributed by atoms with E-state index in [0.29, 0.717) is 5.01 Å². The van der Waals surface area contributed by atoms with Gasteiger partial charge in [0.15, 0.2) is 5.72 Å². The third-order valence-electron chi connectivity index (χ3n) is 2.73. The monoisotopic (exact) mass is 273 g/mol. The Balaban J connectivity index is 2.45. The van der Waals surface area contributed by atoms with Gasteiger partial charge in [0.1, 0.15) is 5.71 Å². The van der Waals surface area contributed by atoms with Gasteiger partial charge in [-0.2, -0.15) is 23.3 Å². The summed E-state index contributed by atoms with van der Waals surface area (Å²) in [7, 11) is 0. The molecule has 0 saturated heterocycles. The summed E-state index contributed by atoms with van der Waals surface area (Å²) in [6.45, 7) is 1.03. The third kappa shape index (κ3) is 2.30. The van der Waals surface area contributed by atoms with Gasteiger partial charge in [-0.1, -0.05) is 6.07 Å². The van der Waals surface area contributed by atoms with Gasteiger partial charge in [0.05, 0.1) is 6.42 Å². The zero-order valence-electron chi connectivity index (χ0n) is 9.85. The number of hydrogen-bond acceptors (Lipinski definition) is 4. The molecular formula is C11H10F3N3O2. The first-order chi connectivity index (χ1) is 8.75. The number of halogens is 3. The van der Waals surface area contributed by atoms with E-state index in [-0.39, 0.29) is 5.56 Å². The largest absolute Gasteiger partial charge is 0.431 e. The van der Waals surface area contributed by atoms with Gasteiger partial charge in [-0.25, -0.2) is 0 Å². The Bertz CT molecular complexity index is 530. The molecule has 102 valence electrons. The van der Waals surface area contributed by atoms with Crippen LogP contribution in [0.25, 0.3) is 0 Å². The Kier molecular flexibility index (Phi) is 3.05. The van der Waals surface area contributed by atoms with Crippen molar-refractivity contribution in [3.8, 4) is 0 Å². The number of carbonyl (C=O) groups excluding carboxylic acids is 1. The first kappa shape index (κ1) is 13.5. The average molecular weight is 273 g/mol. The summed E-state index contributed by atoms with van der Waals surface area (Å²) in [5.41, 5.74) is -3.27. The topological polar surface area (TPSA) is 65.8 Å². The summed E-state index contributed by atoms with van der Waals surface area (Å²) in [4.78, 5) is 15.1. The lowest BCUT2D eigenvalue weighted by Gasteiger charge is -2.30. The number of hydrogen-bond donors (Lipinski definition) is 1. The van der Waals surface area contributed by atoms with E-state index in [2.05, 4.69) is 10.1 Å². The maximum absolute atomic E-state index is 12.7. The summed E-state index contributed by atoms with van der Waals surface area (Å²) >= 11 is 0. The van der Waals surface area contributed by atoms with E-state index >= 15 is 0 Å². The molecule has 1 atom stereocenters. The molecule has 0 aromatic carbocycles. The second-order valence-electron chi connectivity index (χ2n) is 4.11. The number of aromatic nitrogens is 1. The highest BCUT2D eigenvalue weighted by Gasteiger charge is 2.52. The Labute approximate surface area is 106 Å². The minimum Gasteiger partial charge on any atom is -0.365 e. The molecular weight excluding hydrogens is 263 g/mol. The van der Waals surface area contributed by atoms with Crippen molar-refractivity contribution in [1.82, 2.24) is 9.99 Å². The van der Waals surface area contributed by atoms with Gasteiger partial charge < -0.3 is 5.11 Å². The van der Waals surface area contributed by atoms with Crippen molar-refractivity contribution in [2.45, 2.75) is 25.2 Å². The predicted molar refractivity (Wildman–Crippen MR) is 58.8 cm³/mol. The normalized spacial score (nSPS) is 23.4. The summed E-state index contributed by atoms with van der Waals surface area (Å²) in [6, 6.07) is 2.84. The molecule has 2 rings (SSSR count). The van der Waals surface area contributed by atoms with Crippen LogP contribution < -0.4 is 0 Å². The lowest BCUT2D eigenvalue weighted by Crippen LogP contribution is -2.42. The van der Waals surface area contributed by atoms with Crippen molar-refractivity contribution >= 4 is 11.6 Å². The Hall–Kier alpha value is -1.96. The molecule has 0 radical (unpaired) electrons. The van der Waals surface area contributed by atoms with Crippen LogP contribution in [-0.4, -0.2) is 32.9 Å². The van der Waals surface area contributed by atoms with Crippen LogP contribution in [0.1, 0.15) is 18.9 Å². The molecule has 0 saturated carbocycles. The number of aliphatic hydroxyl groups is 1. The van der Waals surface area contributed by atoms with Crippen molar-refractivity contribution in [2.24, 2.45) is 5.10 Å². The maximum Gasteiger partial charge on any atom is 0.431 e. The first-order valence-corrected chi connectivity index (χ1v) is 5.33. The summed E-state index contributed by atoms with van der Waals surface area (Å²) in [5, 5.41) is 14.0. The molecule has 0 aliphatic carbocycles. The van der Waals surface area contributed by atoms with Crippen molar-refractivity contribution in [3.05, 3.63) is 30.1 Å². The molecule has 0 fully saturated rings. The fraction of sp³-hybridized carbons (Fsp3) is 0.364. The Morgan fingerprint density at radius 1 is 1.53 bits per heavy atom. The van der Waals surface area contributed by atoms with Crippen molar-refractivity contribution in [2.75, 3.05) is 0 Å². The van der Waals surface area contributed by atoms with Gasteiger partial charge >= 0.3 is 6.18 Å². The molecule has 1 aromatic rings. The fourth-order valence-corrected chi connectivity index (χ4v) is 1.86. The molecule has 0 bridgehead atoms. The zero-order chi connectivity index (χ0) is 14.3. The van der Waals surface area contributed by atoms with E-state index < -0.39 is 29.9 Å². The van der Waals surface area contributed by atoms with Crippen LogP contribution in [0.2, 0.25) is 0 Å². The van der Waals surface area contributed by atoms with Crippen LogP contribution in [0.15, 0.2) is 29.6 Å². The predicted octanol–water partition coefficient (Wildman–Crippen LogP) is 1.40. The number of alkyl halides is 3. The van der Waals surface area contributed by atoms with Crippen molar-refractivity contribution in [1.29, 1.82) is 0 Å². The molecule has 19 heavy (non-hydrogen) atoms. The Morgan fingerprint density at radius 2 is 2.21 bits per heavy atom. The van der Waals surface area contributed by atoms with E-state index in [0.717, 1.165) is 6.92 Å². The highest BCUT2D eigenvalue weighted by Crippen LogP contribution is 2.39. The SMILES string of the molecule is CC(=O)N1N=C(C(F)(F)F)CC1(O)c1cccnc1. The lowest BCUT2D eigenvalue weighted by molar-refractivity contribution is -0.155. The lowest BCUT2D eigenvalue weighted by atomic mass is 9.99. The third-order valence-corrected chi connectivity index (χ3v) is 2.73. The van der Waals surface area contributed by atoms with Gasteiger partial charge in [-0.05, 0) is 6.07 Å².